The highest BCUT2D eigenvalue weighted by atomic mass is 16.5. The van der Waals surface area contributed by atoms with Gasteiger partial charge in [-0.15, -0.1) is 0 Å². The fraction of sp³-hybridized carbons (Fsp3) is 0.400. The van der Waals surface area contributed by atoms with Crippen molar-refractivity contribution in [2.45, 2.75) is 32.4 Å². The van der Waals surface area contributed by atoms with Gasteiger partial charge in [-0.1, -0.05) is 43.3 Å². The van der Waals surface area contributed by atoms with E-state index >= 15 is 0 Å². The summed E-state index contributed by atoms with van der Waals surface area (Å²) < 4.78 is 11.4. The predicted molar refractivity (Wildman–Crippen MR) is 96.7 cm³/mol. The van der Waals surface area contributed by atoms with Crippen molar-refractivity contribution in [1.82, 2.24) is 5.32 Å². The van der Waals surface area contributed by atoms with Crippen LogP contribution in [0.1, 0.15) is 19.4 Å². The largest absolute Gasteiger partial charge is 0.492 e. The second-order valence-corrected chi connectivity index (χ2v) is 5.86. The summed E-state index contributed by atoms with van der Waals surface area (Å²) in [6.07, 6.45) is 0.354. The van der Waals surface area contributed by atoms with Crippen LogP contribution in [0.2, 0.25) is 0 Å². The molecule has 0 aliphatic carbocycles. The molecule has 0 aliphatic heterocycles. The van der Waals surface area contributed by atoms with Crippen LogP contribution in [-0.4, -0.2) is 37.0 Å². The summed E-state index contributed by atoms with van der Waals surface area (Å²) in [5.41, 5.74) is 1.15. The Hall–Kier alpha value is -2.04. The van der Waals surface area contributed by atoms with E-state index in [2.05, 4.69) is 12.2 Å². The molecule has 0 aromatic heterocycles. The van der Waals surface area contributed by atoms with Crippen LogP contribution < -0.4 is 14.8 Å². The van der Waals surface area contributed by atoms with Crippen LogP contribution in [0, 0.1) is 0 Å². The first-order valence-electron chi connectivity index (χ1n) is 8.49. The zero-order valence-electron chi connectivity index (χ0n) is 14.4. The van der Waals surface area contributed by atoms with Gasteiger partial charge in [-0.25, -0.2) is 0 Å². The molecular weight excluding hydrogens is 302 g/mol. The van der Waals surface area contributed by atoms with Gasteiger partial charge in [0, 0.05) is 12.6 Å². The highest BCUT2D eigenvalue weighted by molar-refractivity contribution is 5.33. The van der Waals surface area contributed by atoms with Gasteiger partial charge in [-0.2, -0.15) is 0 Å². The van der Waals surface area contributed by atoms with Crippen molar-refractivity contribution in [1.29, 1.82) is 0 Å². The fourth-order valence-electron chi connectivity index (χ4n) is 2.32. The van der Waals surface area contributed by atoms with E-state index in [9.17, 15) is 5.11 Å². The molecule has 0 fully saturated rings. The van der Waals surface area contributed by atoms with Crippen molar-refractivity contribution >= 4 is 0 Å². The maximum atomic E-state index is 10.1. The molecule has 0 saturated heterocycles. The van der Waals surface area contributed by atoms with Crippen molar-refractivity contribution in [2.75, 3.05) is 19.8 Å². The molecule has 130 valence electrons. The van der Waals surface area contributed by atoms with E-state index in [1.54, 1.807) is 0 Å². The Morgan fingerprint density at radius 3 is 2.42 bits per heavy atom. The van der Waals surface area contributed by atoms with Gasteiger partial charge in [-0.05, 0) is 37.1 Å². The van der Waals surface area contributed by atoms with Crippen molar-refractivity contribution < 1.29 is 14.6 Å². The Labute approximate surface area is 144 Å². The van der Waals surface area contributed by atoms with Gasteiger partial charge in [0.25, 0.3) is 0 Å². The Kier molecular flexibility index (Phi) is 7.59. The predicted octanol–water partition coefficient (Wildman–Crippen LogP) is 3.05. The van der Waals surface area contributed by atoms with E-state index in [-0.39, 0.29) is 12.6 Å². The van der Waals surface area contributed by atoms with Crippen LogP contribution in [0.25, 0.3) is 0 Å². The molecule has 2 aromatic rings. The van der Waals surface area contributed by atoms with Crippen molar-refractivity contribution in [3.8, 4) is 11.5 Å². The number of hydrogen-bond donors (Lipinski definition) is 2. The first-order chi connectivity index (χ1) is 11.7. The lowest BCUT2D eigenvalue weighted by atomic mass is 10.1. The summed E-state index contributed by atoms with van der Waals surface area (Å²) in [7, 11) is 0. The maximum absolute atomic E-state index is 10.1. The molecule has 0 heterocycles. The number of aliphatic hydroxyl groups excluding tert-OH is 1. The molecule has 2 atom stereocenters. The van der Waals surface area contributed by atoms with E-state index in [0.29, 0.717) is 13.2 Å². The average Bonchev–Trinajstić information content (AvgIpc) is 2.64. The minimum absolute atomic E-state index is 0.141. The van der Waals surface area contributed by atoms with Gasteiger partial charge in [0.15, 0.2) is 0 Å². The lowest BCUT2D eigenvalue weighted by Crippen LogP contribution is -2.39. The SMILES string of the molecule is CCc1ccccc1OC[C@@H](O)CN[C@H](C)COc1ccccc1. The van der Waals surface area contributed by atoms with Crippen LogP contribution >= 0.6 is 0 Å². The Morgan fingerprint density at radius 2 is 1.67 bits per heavy atom. The molecule has 24 heavy (non-hydrogen) atoms. The summed E-state index contributed by atoms with van der Waals surface area (Å²) in [6.45, 7) is 5.41. The summed E-state index contributed by atoms with van der Waals surface area (Å²) in [5, 5.41) is 13.3. The first kappa shape index (κ1) is 18.3. The summed E-state index contributed by atoms with van der Waals surface area (Å²) in [5.74, 6) is 1.70. The van der Waals surface area contributed by atoms with Gasteiger partial charge < -0.3 is 19.9 Å². The zero-order valence-corrected chi connectivity index (χ0v) is 14.4. The molecule has 0 bridgehead atoms. The average molecular weight is 329 g/mol. The maximum Gasteiger partial charge on any atom is 0.122 e. The summed E-state index contributed by atoms with van der Waals surface area (Å²) >= 11 is 0. The number of aliphatic hydroxyl groups is 1. The number of ether oxygens (including phenoxy) is 2. The molecule has 0 saturated carbocycles. The smallest absolute Gasteiger partial charge is 0.122 e. The van der Waals surface area contributed by atoms with Gasteiger partial charge in [-0.3, -0.25) is 0 Å². The standard InChI is InChI=1S/C20H27NO3/c1-3-17-9-7-8-12-20(17)24-15-18(22)13-21-16(2)14-23-19-10-5-4-6-11-19/h4-12,16,18,21-22H,3,13-15H2,1-2H3/t16-,18+/m1/s1. The van der Waals surface area contributed by atoms with Gasteiger partial charge in [0.2, 0.25) is 0 Å². The van der Waals surface area contributed by atoms with Crippen molar-refractivity contribution in [3.05, 3.63) is 60.2 Å². The molecule has 0 unspecified atom stereocenters. The lowest BCUT2D eigenvalue weighted by molar-refractivity contribution is 0.101. The van der Waals surface area contributed by atoms with Crippen LogP contribution in [0.15, 0.2) is 54.6 Å². The number of aryl methyl sites for hydroxylation is 1. The molecular formula is C20H27NO3. The number of hydrogen-bond acceptors (Lipinski definition) is 4. The monoisotopic (exact) mass is 329 g/mol. The minimum atomic E-state index is -0.561. The summed E-state index contributed by atoms with van der Waals surface area (Å²) in [4.78, 5) is 0. The molecule has 0 radical (unpaired) electrons. The topological polar surface area (TPSA) is 50.7 Å². The third-order valence-corrected chi connectivity index (χ3v) is 3.73. The molecule has 0 amide bonds. The van der Waals surface area contributed by atoms with Gasteiger partial charge >= 0.3 is 0 Å². The molecule has 2 aromatic carbocycles. The Balaban J connectivity index is 1.66. The van der Waals surface area contributed by atoms with E-state index in [0.717, 1.165) is 23.5 Å². The number of rotatable bonds is 10. The molecule has 0 spiro atoms. The minimum Gasteiger partial charge on any atom is -0.492 e. The zero-order chi connectivity index (χ0) is 17.2. The summed E-state index contributed by atoms with van der Waals surface area (Å²) in [6, 6.07) is 17.8. The van der Waals surface area contributed by atoms with E-state index in [1.165, 1.54) is 0 Å². The van der Waals surface area contributed by atoms with Gasteiger partial charge in [0.1, 0.15) is 30.8 Å². The fourth-order valence-corrected chi connectivity index (χ4v) is 2.32. The molecule has 4 nitrogen and oxygen atoms in total. The third kappa shape index (κ3) is 6.22. The quantitative estimate of drug-likeness (QED) is 0.703. The first-order valence-corrected chi connectivity index (χ1v) is 8.49. The van der Waals surface area contributed by atoms with E-state index < -0.39 is 6.10 Å². The lowest BCUT2D eigenvalue weighted by Gasteiger charge is -2.18. The molecule has 2 N–H and O–H groups in total. The highest BCUT2D eigenvalue weighted by Crippen LogP contribution is 2.18. The Bertz CT molecular complexity index is 588. The Morgan fingerprint density at radius 1 is 0.958 bits per heavy atom. The number of para-hydroxylation sites is 2. The van der Waals surface area contributed by atoms with Crippen LogP contribution in [-0.2, 0) is 6.42 Å². The highest BCUT2D eigenvalue weighted by Gasteiger charge is 2.10. The van der Waals surface area contributed by atoms with Crippen molar-refractivity contribution in [3.63, 3.8) is 0 Å². The second kappa shape index (κ2) is 9.96. The molecule has 0 aliphatic rings. The van der Waals surface area contributed by atoms with Crippen molar-refractivity contribution in [2.24, 2.45) is 0 Å². The second-order valence-electron chi connectivity index (χ2n) is 5.86. The number of benzene rings is 2. The van der Waals surface area contributed by atoms with Crippen LogP contribution in [0.4, 0.5) is 0 Å². The van der Waals surface area contributed by atoms with Crippen LogP contribution in [0.3, 0.4) is 0 Å². The molecule has 4 heteroatoms. The third-order valence-electron chi connectivity index (χ3n) is 3.73. The van der Waals surface area contributed by atoms with Gasteiger partial charge in [0.05, 0.1) is 0 Å². The van der Waals surface area contributed by atoms with E-state index in [4.69, 9.17) is 9.47 Å². The molecule has 2 rings (SSSR count). The van der Waals surface area contributed by atoms with E-state index in [1.807, 2.05) is 61.5 Å². The number of nitrogens with one attached hydrogen (secondary N) is 1. The van der Waals surface area contributed by atoms with Crippen LogP contribution in [0.5, 0.6) is 11.5 Å². The normalized spacial score (nSPS) is 13.3.